The van der Waals surface area contributed by atoms with Crippen molar-refractivity contribution in [2.24, 2.45) is 5.16 Å². The Morgan fingerprint density at radius 2 is 1.79 bits per heavy atom. The molecule has 0 saturated carbocycles. The first-order valence-corrected chi connectivity index (χ1v) is 8.47. The van der Waals surface area contributed by atoms with Crippen LogP contribution in [0.1, 0.15) is 17.5 Å². The zero-order valence-electron chi connectivity index (χ0n) is 14.8. The zero-order chi connectivity index (χ0) is 21.0. The monoisotopic (exact) mass is 414 g/mol. The van der Waals surface area contributed by atoms with Gasteiger partial charge in [-0.05, 0) is 36.4 Å². The van der Waals surface area contributed by atoms with Crippen molar-refractivity contribution in [1.29, 1.82) is 0 Å². The minimum Gasteiger partial charge on any atom is -0.434 e. The van der Waals surface area contributed by atoms with Gasteiger partial charge in [-0.1, -0.05) is 17.3 Å². The Morgan fingerprint density at radius 1 is 1.10 bits per heavy atom. The molecule has 0 unspecified atom stereocenters. The molecule has 0 spiro atoms. The van der Waals surface area contributed by atoms with Crippen molar-refractivity contribution in [3.8, 4) is 5.75 Å². The van der Waals surface area contributed by atoms with Crippen LogP contribution in [0.15, 0.2) is 53.7 Å². The molecule has 10 heteroatoms. The van der Waals surface area contributed by atoms with Crippen LogP contribution in [0.4, 0.5) is 27.6 Å². The van der Waals surface area contributed by atoms with Gasteiger partial charge in [-0.15, -0.1) is 0 Å². The lowest BCUT2D eigenvalue weighted by Crippen LogP contribution is -2.30. The van der Waals surface area contributed by atoms with Crippen molar-refractivity contribution in [1.82, 2.24) is 0 Å². The molecule has 29 heavy (non-hydrogen) atoms. The molecule has 3 rings (SSSR count). The molecule has 0 aliphatic carbocycles. The molecular formula is C19H15F5N2O3. The molecule has 5 nitrogen and oxygen atoms in total. The third-order valence-electron chi connectivity index (χ3n) is 4.18. The number of benzene rings is 2. The molecule has 1 fully saturated rings. The van der Waals surface area contributed by atoms with Gasteiger partial charge in [-0.2, -0.15) is 22.0 Å². The molecule has 2 aromatic rings. The second-order valence-corrected chi connectivity index (χ2v) is 6.07. The molecular weight excluding hydrogens is 399 g/mol. The SMILES string of the molecule is O=C1[C@H](ON=Cc2ccccc2OC(F)F)CCN1c1ccc(C(F)(F)F)cc1. The molecule has 1 saturated heterocycles. The summed E-state index contributed by atoms with van der Waals surface area (Å²) >= 11 is 0. The highest BCUT2D eigenvalue weighted by atomic mass is 19.4. The van der Waals surface area contributed by atoms with Crippen molar-refractivity contribution in [2.45, 2.75) is 25.3 Å². The Balaban J connectivity index is 1.63. The number of nitrogens with zero attached hydrogens (tertiary/aromatic N) is 2. The van der Waals surface area contributed by atoms with Gasteiger partial charge in [0.25, 0.3) is 5.91 Å². The fourth-order valence-electron chi connectivity index (χ4n) is 2.79. The average Bonchev–Trinajstić information content (AvgIpc) is 3.03. The number of oxime groups is 1. The number of halogens is 5. The van der Waals surface area contributed by atoms with Crippen LogP contribution in [0.5, 0.6) is 5.75 Å². The van der Waals surface area contributed by atoms with Crippen LogP contribution in [-0.2, 0) is 15.8 Å². The van der Waals surface area contributed by atoms with Crippen LogP contribution in [0, 0.1) is 0 Å². The fraction of sp³-hybridized carbons (Fsp3) is 0.263. The van der Waals surface area contributed by atoms with Gasteiger partial charge in [-0.25, -0.2) is 0 Å². The van der Waals surface area contributed by atoms with Crippen LogP contribution in [-0.4, -0.2) is 31.4 Å². The Labute approximate surface area is 162 Å². The molecule has 1 atom stereocenters. The van der Waals surface area contributed by atoms with E-state index in [2.05, 4.69) is 9.89 Å². The van der Waals surface area contributed by atoms with E-state index in [-0.39, 0.29) is 24.3 Å². The third-order valence-corrected chi connectivity index (χ3v) is 4.18. The highest BCUT2D eigenvalue weighted by Crippen LogP contribution is 2.31. The first kappa shape index (κ1) is 20.6. The van der Waals surface area contributed by atoms with E-state index in [4.69, 9.17) is 4.84 Å². The number of alkyl halides is 5. The van der Waals surface area contributed by atoms with Gasteiger partial charge in [0.15, 0.2) is 0 Å². The number of carbonyl (C=O) groups is 1. The summed E-state index contributed by atoms with van der Waals surface area (Å²) in [5, 5.41) is 3.67. The van der Waals surface area contributed by atoms with Crippen molar-refractivity contribution in [2.75, 3.05) is 11.4 Å². The van der Waals surface area contributed by atoms with Crippen molar-refractivity contribution >= 4 is 17.8 Å². The van der Waals surface area contributed by atoms with Crippen molar-refractivity contribution in [3.05, 3.63) is 59.7 Å². The first-order chi connectivity index (χ1) is 13.8. The lowest BCUT2D eigenvalue weighted by atomic mass is 10.2. The molecule has 0 N–H and O–H groups in total. The Hall–Kier alpha value is -3.17. The summed E-state index contributed by atoms with van der Waals surface area (Å²) in [5.41, 5.74) is -0.262. The van der Waals surface area contributed by atoms with Crippen LogP contribution in [0.2, 0.25) is 0 Å². The summed E-state index contributed by atoms with van der Waals surface area (Å²) in [7, 11) is 0. The summed E-state index contributed by atoms with van der Waals surface area (Å²) in [4.78, 5) is 18.9. The van der Waals surface area contributed by atoms with E-state index in [0.29, 0.717) is 5.69 Å². The van der Waals surface area contributed by atoms with E-state index in [1.807, 2.05) is 0 Å². The van der Waals surface area contributed by atoms with Gasteiger partial charge in [0.2, 0.25) is 6.10 Å². The van der Waals surface area contributed by atoms with Gasteiger partial charge >= 0.3 is 12.8 Å². The van der Waals surface area contributed by atoms with Gasteiger partial charge < -0.3 is 14.5 Å². The Kier molecular flexibility index (Phi) is 6.00. The molecule has 1 amide bonds. The van der Waals surface area contributed by atoms with Crippen LogP contribution in [0.3, 0.4) is 0 Å². The molecule has 154 valence electrons. The normalized spacial score (nSPS) is 17.4. The van der Waals surface area contributed by atoms with Crippen LogP contribution >= 0.6 is 0 Å². The molecule has 1 aliphatic heterocycles. The predicted molar refractivity (Wildman–Crippen MR) is 94.0 cm³/mol. The molecule has 0 aromatic heterocycles. The third kappa shape index (κ3) is 5.01. The minimum atomic E-state index is -4.46. The Bertz CT molecular complexity index is 884. The maximum absolute atomic E-state index is 12.6. The topological polar surface area (TPSA) is 51.1 Å². The van der Waals surface area contributed by atoms with Gasteiger partial charge in [0.1, 0.15) is 5.75 Å². The van der Waals surface area contributed by atoms with Gasteiger partial charge in [-0.3, -0.25) is 4.79 Å². The maximum atomic E-state index is 12.6. The van der Waals surface area contributed by atoms with Gasteiger partial charge in [0.05, 0.1) is 11.8 Å². The summed E-state index contributed by atoms with van der Waals surface area (Å²) in [6.45, 7) is -2.76. The van der Waals surface area contributed by atoms with Gasteiger partial charge in [0, 0.05) is 24.2 Å². The van der Waals surface area contributed by atoms with E-state index in [9.17, 15) is 26.7 Å². The van der Waals surface area contributed by atoms with Crippen LogP contribution < -0.4 is 9.64 Å². The number of rotatable bonds is 6. The molecule has 0 bridgehead atoms. The molecule has 2 aromatic carbocycles. The maximum Gasteiger partial charge on any atom is 0.416 e. The van der Waals surface area contributed by atoms with E-state index >= 15 is 0 Å². The summed E-state index contributed by atoms with van der Waals surface area (Å²) in [5.74, 6) is -0.557. The number of ether oxygens (including phenoxy) is 1. The number of anilines is 1. The number of amides is 1. The highest BCUT2D eigenvalue weighted by molar-refractivity contribution is 5.98. The van der Waals surface area contributed by atoms with Crippen molar-refractivity contribution < 1.29 is 36.3 Å². The van der Waals surface area contributed by atoms with Crippen LogP contribution in [0.25, 0.3) is 0 Å². The minimum absolute atomic E-state index is 0.0982. The number of para-hydroxylation sites is 1. The standard InChI is InChI=1S/C19H15F5N2O3/c20-18(21)28-15-4-2-1-3-12(15)11-25-29-16-9-10-26(17(16)27)14-7-5-13(6-8-14)19(22,23)24/h1-8,11,16,18H,9-10H2/t16-/m1/s1. The predicted octanol–water partition coefficient (Wildman–Crippen LogP) is 4.46. The zero-order valence-corrected chi connectivity index (χ0v) is 14.8. The Morgan fingerprint density at radius 3 is 2.45 bits per heavy atom. The summed E-state index contributed by atoms with van der Waals surface area (Å²) in [6, 6.07) is 10.1. The van der Waals surface area contributed by atoms with E-state index in [0.717, 1.165) is 18.3 Å². The van der Waals surface area contributed by atoms with E-state index < -0.39 is 30.4 Å². The molecule has 1 heterocycles. The lowest BCUT2D eigenvalue weighted by Gasteiger charge is -2.17. The van der Waals surface area contributed by atoms with E-state index in [1.54, 1.807) is 6.07 Å². The first-order valence-electron chi connectivity index (χ1n) is 8.47. The summed E-state index contributed by atoms with van der Waals surface area (Å²) < 4.78 is 67.1. The fourth-order valence-corrected chi connectivity index (χ4v) is 2.79. The lowest BCUT2D eigenvalue weighted by molar-refractivity contribution is -0.137. The second kappa shape index (κ2) is 8.46. The largest absolute Gasteiger partial charge is 0.434 e. The van der Waals surface area contributed by atoms with E-state index in [1.165, 1.54) is 35.2 Å². The molecule has 0 radical (unpaired) electrons. The highest BCUT2D eigenvalue weighted by Gasteiger charge is 2.35. The smallest absolute Gasteiger partial charge is 0.416 e. The quantitative estimate of drug-likeness (QED) is 0.398. The molecule has 1 aliphatic rings. The second-order valence-electron chi connectivity index (χ2n) is 6.07. The van der Waals surface area contributed by atoms with Crippen molar-refractivity contribution in [3.63, 3.8) is 0 Å². The number of hydrogen-bond donors (Lipinski definition) is 0. The average molecular weight is 414 g/mol. The number of carbonyl (C=O) groups excluding carboxylic acids is 1. The summed E-state index contributed by atoms with van der Waals surface area (Å²) in [6.07, 6.45) is -3.98. The number of hydrogen-bond acceptors (Lipinski definition) is 4.